The zero-order chi connectivity index (χ0) is 63.0. The van der Waals surface area contributed by atoms with Crippen LogP contribution in [0.25, 0.3) is 33.4 Å². The summed E-state index contributed by atoms with van der Waals surface area (Å²) in [6.45, 7) is 0. The summed E-state index contributed by atoms with van der Waals surface area (Å²) in [5.41, 5.74) is 29.2. The van der Waals surface area contributed by atoms with Crippen molar-refractivity contribution in [2.24, 2.45) is 35.5 Å². The Morgan fingerprint density at radius 3 is 0.740 bits per heavy atom. The normalized spacial score (nSPS) is 26.3. The summed E-state index contributed by atoms with van der Waals surface area (Å²) < 4.78 is 0. The third kappa shape index (κ3) is 7.69. The van der Waals surface area contributed by atoms with E-state index in [2.05, 4.69) is 302 Å². The van der Waals surface area contributed by atoms with E-state index < -0.39 is 16.2 Å². The van der Waals surface area contributed by atoms with Gasteiger partial charge in [-0.15, -0.1) is 0 Å². The van der Waals surface area contributed by atoms with Gasteiger partial charge >= 0.3 is 0 Å². The molecule has 8 fully saturated rings. The molecule has 0 atom stereocenters. The summed E-state index contributed by atoms with van der Waals surface area (Å²) in [6.07, 6.45) is 16.9. The molecular formula is C95H79N. The monoisotopic (exact) mass is 1230 g/mol. The lowest BCUT2D eigenvalue weighted by Gasteiger charge is -2.57. The van der Waals surface area contributed by atoms with Crippen LogP contribution in [0.3, 0.4) is 0 Å². The summed E-state index contributed by atoms with van der Waals surface area (Å²) in [5, 5.41) is 0. The zero-order valence-corrected chi connectivity index (χ0v) is 54.7. The van der Waals surface area contributed by atoms with Crippen LogP contribution < -0.4 is 4.90 Å². The first-order valence-corrected chi connectivity index (χ1v) is 36.4. The first kappa shape index (κ1) is 55.7. The van der Waals surface area contributed by atoms with Crippen LogP contribution in [0.1, 0.15) is 155 Å². The maximum atomic E-state index is 2.63. The van der Waals surface area contributed by atoms with E-state index >= 15 is 0 Å². The average Bonchev–Trinajstić information content (AvgIpc) is 1.50. The molecule has 8 bridgehead atoms. The Hall–Kier alpha value is -9.56. The van der Waals surface area contributed by atoms with Gasteiger partial charge in [0.15, 0.2) is 0 Å². The lowest BCUT2D eigenvalue weighted by Crippen LogP contribution is -2.48. The SMILES string of the molecule is c1ccc(C2(c3ccc(N(c4ccc(C5(c6ccccc6)c6ccccc6-c6ccccc65)cc4)c4ccc5c(c4)C(c4ccc(C67CC8CC(CC(C8)C6)C7)cc4)(c4ccc(C67CC8CC(CC(C8)C6)C7)cc4)c4ccccc4-5)cc3)c3ccccc3-c3ccccc32)cc1. The third-order valence-electron chi connectivity index (χ3n) is 26.7. The highest BCUT2D eigenvalue weighted by Gasteiger charge is 2.55. The van der Waals surface area contributed by atoms with Crippen LogP contribution in [0.4, 0.5) is 17.1 Å². The van der Waals surface area contributed by atoms with Crippen LogP contribution in [0.15, 0.2) is 297 Å². The molecule has 0 N–H and O–H groups in total. The van der Waals surface area contributed by atoms with Crippen molar-refractivity contribution in [3.05, 3.63) is 375 Å². The molecule has 464 valence electrons. The molecule has 1 heteroatoms. The van der Waals surface area contributed by atoms with Crippen molar-refractivity contribution in [1.82, 2.24) is 0 Å². The fraction of sp³-hybridized carbons (Fsp3) is 0.242. The lowest BCUT2D eigenvalue weighted by atomic mass is 9.48. The number of fused-ring (bicyclic) bond motifs is 9. The van der Waals surface area contributed by atoms with Gasteiger partial charge in [0, 0.05) is 17.1 Å². The summed E-state index contributed by atoms with van der Waals surface area (Å²) in [5.74, 6) is 5.33. The molecule has 12 aromatic rings. The highest BCUT2D eigenvalue weighted by molar-refractivity contribution is 5.92. The largest absolute Gasteiger partial charge is 0.310 e. The summed E-state index contributed by atoms with van der Waals surface area (Å²) in [4.78, 5) is 2.57. The second-order valence-electron chi connectivity index (χ2n) is 31.4. The Bertz CT molecular complexity index is 4620. The number of benzene rings is 12. The van der Waals surface area contributed by atoms with E-state index in [0.717, 1.165) is 52.6 Å². The average molecular weight is 1230 g/mol. The number of rotatable bonds is 11. The maximum Gasteiger partial charge on any atom is 0.0714 e. The van der Waals surface area contributed by atoms with E-state index in [4.69, 9.17) is 0 Å². The Labute approximate surface area is 566 Å². The van der Waals surface area contributed by atoms with E-state index in [-0.39, 0.29) is 0 Å². The van der Waals surface area contributed by atoms with Crippen molar-refractivity contribution >= 4 is 17.1 Å². The maximum absolute atomic E-state index is 2.63. The number of hydrogen-bond donors (Lipinski definition) is 0. The molecule has 0 amide bonds. The minimum atomic E-state index is -0.585. The van der Waals surface area contributed by atoms with Crippen molar-refractivity contribution in [3.8, 4) is 33.4 Å². The van der Waals surface area contributed by atoms with Gasteiger partial charge in [-0.05, 0) is 271 Å². The number of nitrogens with zero attached hydrogens (tertiary/aromatic N) is 1. The quantitative estimate of drug-likeness (QED) is 0.125. The minimum Gasteiger partial charge on any atom is -0.310 e. The van der Waals surface area contributed by atoms with Gasteiger partial charge in [0.25, 0.3) is 0 Å². The molecule has 12 aromatic carbocycles. The molecule has 0 radical (unpaired) electrons. The Kier molecular flexibility index (Phi) is 12.0. The molecular weight excluding hydrogens is 1160 g/mol. The second kappa shape index (κ2) is 20.7. The van der Waals surface area contributed by atoms with Crippen LogP contribution in [-0.4, -0.2) is 0 Å². The van der Waals surface area contributed by atoms with E-state index in [0.29, 0.717) is 10.8 Å². The van der Waals surface area contributed by atoms with E-state index in [1.54, 1.807) is 11.1 Å². The summed E-state index contributed by atoms with van der Waals surface area (Å²) in [7, 11) is 0. The van der Waals surface area contributed by atoms with Crippen LogP contribution in [-0.2, 0) is 27.1 Å². The first-order valence-electron chi connectivity index (χ1n) is 36.4. The van der Waals surface area contributed by atoms with Gasteiger partial charge < -0.3 is 4.90 Å². The molecule has 0 unspecified atom stereocenters. The van der Waals surface area contributed by atoms with Gasteiger partial charge in [-0.3, -0.25) is 0 Å². The van der Waals surface area contributed by atoms with Crippen molar-refractivity contribution in [2.75, 3.05) is 4.90 Å². The van der Waals surface area contributed by atoms with Crippen LogP contribution in [0.2, 0.25) is 0 Å². The standard InChI is InChI=1S/C95H79N/c1-3-17-70(18-4-1)93(85-26-12-7-21-79(85)80-22-8-13-27-86(80)93)74-39-43-76(44-40-74)96(77-45-41-75(42-46-77)94(71-19-5-2-6-20-71)87-28-14-9-23-81(87)82-24-10-15-29-88(82)94)78-47-48-84-83-25-11-16-30-89(83)95(90(84)55-78,72-35-31-68(32-36-72)91-56-62-49-63(57-91)51-64(50-62)58-91)73-37-33-69(34-38-73)92-59-65-52-66(60-92)54-67(53-65)61-92/h1-48,55,62-67H,49-54,56-61H2. The molecule has 11 aliphatic carbocycles. The topological polar surface area (TPSA) is 3.24 Å². The molecule has 0 saturated heterocycles. The van der Waals surface area contributed by atoms with E-state index in [1.807, 2.05) is 0 Å². The van der Waals surface area contributed by atoms with Crippen molar-refractivity contribution in [1.29, 1.82) is 0 Å². The Morgan fingerprint density at radius 1 is 0.198 bits per heavy atom. The lowest BCUT2D eigenvalue weighted by molar-refractivity contribution is -0.00530. The van der Waals surface area contributed by atoms with Crippen molar-refractivity contribution in [2.45, 2.75) is 104 Å². The first-order chi connectivity index (χ1) is 47.4. The zero-order valence-electron chi connectivity index (χ0n) is 54.7. The van der Waals surface area contributed by atoms with E-state index in [1.165, 1.54) is 177 Å². The van der Waals surface area contributed by atoms with Gasteiger partial charge in [0.2, 0.25) is 0 Å². The number of anilines is 3. The molecule has 96 heavy (non-hydrogen) atoms. The van der Waals surface area contributed by atoms with Gasteiger partial charge in [-0.1, -0.05) is 261 Å². The predicted molar refractivity (Wildman–Crippen MR) is 393 cm³/mol. The van der Waals surface area contributed by atoms with Gasteiger partial charge in [0.1, 0.15) is 0 Å². The molecule has 1 nitrogen and oxygen atoms in total. The fourth-order valence-electron chi connectivity index (χ4n) is 23.9. The minimum absolute atomic E-state index is 0.306. The van der Waals surface area contributed by atoms with Crippen LogP contribution in [0, 0.1) is 35.5 Å². The molecule has 23 rings (SSSR count). The van der Waals surface area contributed by atoms with Crippen LogP contribution >= 0.6 is 0 Å². The molecule has 8 saturated carbocycles. The summed E-state index contributed by atoms with van der Waals surface area (Å²) in [6, 6.07) is 117. The van der Waals surface area contributed by atoms with Gasteiger partial charge in [-0.25, -0.2) is 0 Å². The summed E-state index contributed by atoms with van der Waals surface area (Å²) >= 11 is 0. The molecule has 11 aliphatic rings. The molecule has 0 aliphatic heterocycles. The fourth-order valence-corrected chi connectivity index (χ4v) is 23.9. The predicted octanol–water partition coefficient (Wildman–Crippen LogP) is 23.2. The van der Waals surface area contributed by atoms with Crippen molar-refractivity contribution in [3.63, 3.8) is 0 Å². The Morgan fingerprint density at radius 2 is 0.427 bits per heavy atom. The van der Waals surface area contributed by atoms with Gasteiger partial charge in [-0.2, -0.15) is 0 Å². The molecule has 0 aromatic heterocycles. The highest BCUT2D eigenvalue weighted by Crippen LogP contribution is 2.65. The highest BCUT2D eigenvalue weighted by atomic mass is 15.1. The molecule has 0 spiro atoms. The smallest absolute Gasteiger partial charge is 0.0714 e. The second-order valence-corrected chi connectivity index (χ2v) is 31.4. The Balaban J connectivity index is 0.772. The molecule has 0 heterocycles. The van der Waals surface area contributed by atoms with Crippen molar-refractivity contribution < 1.29 is 0 Å². The van der Waals surface area contributed by atoms with Gasteiger partial charge in [0.05, 0.1) is 16.2 Å². The number of hydrogen-bond acceptors (Lipinski definition) is 1. The van der Waals surface area contributed by atoms with Crippen LogP contribution in [0.5, 0.6) is 0 Å². The van der Waals surface area contributed by atoms with E-state index in [9.17, 15) is 0 Å². The third-order valence-corrected chi connectivity index (χ3v) is 26.7.